The van der Waals surface area contributed by atoms with E-state index in [9.17, 15) is 14.3 Å². The van der Waals surface area contributed by atoms with Crippen molar-refractivity contribution in [2.45, 2.75) is 43.4 Å². The molecule has 0 radical (unpaired) electrons. The van der Waals surface area contributed by atoms with Crippen molar-refractivity contribution in [3.63, 3.8) is 0 Å². The van der Waals surface area contributed by atoms with Crippen LogP contribution in [0.2, 0.25) is 0 Å². The van der Waals surface area contributed by atoms with Crippen LogP contribution in [0.5, 0.6) is 5.88 Å². The van der Waals surface area contributed by atoms with E-state index in [4.69, 9.17) is 15.2 Å². The van der Waals surface area contributed by atoms with Crippen molar-refractivity contribution in [2.24, 2.45) is 5.73 Å². The molecule has 1 amide bonds. The summed E-state index contributed by atoms with van der Waals surface area (Å²) in [5.41, 5.74) is 6.60. The van der Waals surface area contributed by atoms with Crippen LogP contribution in [0.1, 0.15) is 37.3 Å². The Morgan fingerprint density at radius 2 is 2.25 bits per heavy atom. The Labute approximate surface area is 161 Å². The normalized spacial score (nSPS) is 24.9. The zero-order valence-electron chi connectivity index (χ0n) is 15.6. The highest BCUT2D eigenvalue weighted by atomic mass is 19.1. The number of nitrogens with two attached hydrogens (primary N) is 1. The average Bonchev–Trinajstić information content (AvgIpc) is 2.72. The van der Waals surface area contributed by atoms with Gasteiger partial charge in [0, 0.05) is 18.2 Å². The summed E-state index contributed by atoms with van der Waals surface area (Å²) < 4.78 is 25.6. The summed E-state index contributed by atoms with van der Waals surface area (Å²) >= 11 is 0. The van der Waals surface area contributed by atoms with Gasteiger partial charge in [0.15, 0.2) is 0 Å². The standard InChI is InChI=1S/C19H23FN4O4/c1-27-15-3-2-14-17(23-15)16(12(20)8-22-14)13(21)9-24(18(25)26)19-6-4-11(5-7-19)28-10-19/h2-3,8,11,13H,4-7,9-10,21H2,1H3,(H,25,26). The van der Waals surface area contributed by atoms with Crippen LogP contribution in [0.15, 0.2) is 18.3 Å². The molecule has 1 saturated carbocycles. The third-order valence-electron chi connectivity index (χ3n) is 5.89. The second-order valence-electron chi connectivity index (χ2n) is 7.48. The Balaban J connectivity index is 1.69. The first-order valence-electron chi connectivity index (χ1n) is 9.30. The molecule has 5 rings (SSSR count). The van der Waals surface area contributed by atoms with Gasteiger partial charge in [0.05, 0.1) is 43.1 Å². The number of nitrogens with zero attached hydrogens (tertiary/aromatic N) is 3. The van der Waals surface area contributed by atoms with Crippen LogP contribution in [0, 0.1) is 5.82 Å². The average molecular weight is 390 g/mol. The van der Waals surface area contributed by atoms with E-state index in [1.807, 2.05) is 0 Å². The monoisotopic (exact) mass is 390 g/mol. The van der Waals surface area contributed by atoms with Crippen molar-refractivity contribution in [1.82, 2.24) is 14.9 Å². The van der Waals surface area contributed by atoms with Crippen molar-refractivity contribution >= 4 is 17.1 Å². The second-order valence-corrected chi connectivity index (χ2v) is 7.48. The van der Waals surface area contributed by atoms with Gasteiger partial charge in [-0.05, 0) is 31.7 Å². The molecule has 2 saturated heterocycles. The molecule has 150 valence electrons. The highest BCUT2D eigenvalue weighted by Gasteiger charge is 2.48. The number of ether oxygens (including phenoxy) is 2. The predicted octanol–water partition coefficient (Wildman–Crippen LogP) is 2.47. The van der Waals surface area contributed by atoms with E-state index in [-0.39, 0.29) is 23.7 Å². The lowest BCUT2D eigenvalue weighted by Gasteiger charge is -2.51. The minimum absolute atomic E-state index is 0.0573. The summed E-state index contributed by atoms with van der Waals surface area (Å²) in [6.45, 7) is 0.292. The maximum atomic E-state index is 14.7. The quantitative estimate of drug-likeness (QED) is 0.807. The highest BCUT2D eigenvalue weighted by molar-refractivity contribution is 5.79. The van der Waals surface area contributed by atoms with Crippen LogP contribution in [0.4, 0.5) is 9.18 Å². The van der Waals surface area contributed by atoms with E-state index in [0.29, 0.717) is 18.0 Å². The molecule has 2 aromatic heterocycles. The van der Waals surface area contributed by atoms with Gasteiger partial charge in [0.1, 0.15) is 11.3 Å². The Kier molecular flexibility index (Phi) is 4.80. The molecule has 3 aliphatic rings. The Hall–Kier alpha value is -2.52. The lowest BCUT2D eigenvalue weighted by molar-refractivity contribution is -0.127. The number of fused-ring (bicyclic) bond motifs is 4. The molecule has 1 atom stereocenters. The fraction of sp³-hybridized carbons (Fsp3) is 0.526. The van der Waals surface area contributed by atoms with E-state index in [2.05, 4.69) is 9.97 Å². The molecule has 2 aromatic rings. The fourth-order valence-corrected chi connectivity index (χ4v) is 4.33. The number of amides is 1. The molecule has 1 aliphatic carbocycles. The van der Waals surface area contributed by atoms with Gasteiger partial charge in [-0.1, -0.05) is 0 Å². The lowest BCUT2D eigenvalue weighted by atomic mass is 9.76. The maximum absolute atomic E-state index is 14.7. The number of hydrogen-bond acceptors (Lipinski definition) is 6. The van der Waals surface area contributed by atoms with Gasteiger partial charge >= 0.3 is 6.09 Å². The first kappa shape index (κ1) is 18.8. The van der Waals surface area contributed by atoms with Crippen LogP contribution in [-0.4, -0.2) is 58.0 Å². The van der Waals surface area contributed by atoms with Gasteiger partial charge in [0.2, 0.25) is 5.88 Å². The molecular weight excluding hydrogens is 367 g/mol. The summed E-state index contributed by atoms with van der Waals surface area (Å²) in [6, 6.07) is 2.39. The first-order chi connectivity index (χ1) is 13.4. The van der Waals surface area contributed by atoms with Crippen LogP contribution in [0.3, 0.4) is 0 Å². The number of aromatic nitrogens is 2. The minimum atomic E-state index is -1.08. The molecule has 8 nitrogen and oxygen atoms in total. The van der Waals surface area contributed by atoms with E-state index < -0.39 is 23.5 Å². The molecule has 3 fully saturated rings. The topological polar surface area (TPSA) is 111 Å². The number of carboxylic acid groups (broad SMARTS) is 1. The van der Waals surface area contributed by atoms with Gasteiger partial charge < -0.3 is 20.3 Å². The molecule has 2 bridgehead atoms. The van der Waals surface area contributed by atoms with Crippen LogP contribution < -0.4 is 10.5 Å². The summed E-state index contributed by atoms with van der Waals surface area (Å²) in [6.07, 6.45) is 3.32. The maximum Gasteiger partial charge on any atom is 0.407 e. The van der Waals surface area contributed by atoms with E-state index >= 15 is 0 Å². The third kappa shape index (κ3) is 3.14. The molecule has 28 heavy (non-hydrogen) atoms. The summed E-state index contributed by atoms with van der Waals surface area (Å²) in [5, 5.41) is 9.87. The number of hydrogen-bond donors (Lipinski definition) is 2. The van der Waals surface area contributed by atoms with Crippen molar-refractivity contribution < 1.29 is 23.8 Å². The Bertz CT molecular complexity index is 887. The molecule has 0 spiro atoms. The van der Waals surface area contributed by atoms with Crippen LogP contribution in [-0.2, 0) is 4.74 Å². The SMILES string of the molecule is COc1ccc2ncc(F)c(C(N)CN(C(=O)O)C34CCC(CC3)OC4)c2n1. The van der Waals surface area contributed by atoms with Crippen LogP contribution in [0.25, 0.3) is 11.0 Å². The highest BCUT2D eigenvalue weighted by Crippen LogP contribution is 2.41. The van der Waals surface area contributed by atoms with E-state index in [1.165, 1.54) is 12.0 Å². The van der Waals surface area contributed by atoms with Crippen LogP contribution >= 0.6 is 0 Å². The lowest BCUT2D eigenvalue weighted by Crippen LogP contribution is -2.61. The Morgan fingerprint density at radius 3 is 2.86 bits per heavy atom. The predicted molar refractivity (Wildman–Crippen MR) is 98.6 cm³/mol. The summed E-state index contributed by atoms with van der Waals surface area (Å²) in [5.74, 6) is -0.312. The zero-order valence-corrected chi connectivity index (χ0v) is 15.6. The van der Waals surface area contributed by atoms with Gasteiger partial charge in [-0.15, -0.1) is 0 Å². The van der Waals surface area contributed by atoms with Gasteiger partial charge in [-0.2, -0.15) is 0 Å². The number of methoxy groups -OCH3 is 1. The summed E-state index contributed by atoms with van der Waals surface area (Å²) in [7, 11) is 1.46. The first-order valence-corrected chi connectivity index (χ1v) is 9.30. The smallest absolute Gasteiger partial charge is 0.407 e. The van der Waals surface area contributed by atoms with Gasteiger partial charge in [-0.25, -0.2) is 14.2 Å². The van der Waals surface area contributed by atoms with Gasteiger partial charge in [-0.3, -0.25) is 9.88 Å². The van der Waals surface area contributed by atoms with Crippen molar-refractivity contribution in [2.75, 3.05) is 20.3 Å². The van der Waals surface area contributed by atoms with Crippen molar-refractivity contribution in [3.05, 3.63) is 29.7 Å². The molecular formula is C19H23FN4O4. The number of rotatable bonds is 5. The number of halogens is 1. The Morgan fingerprint density at radius 1 is 1.50 bits per heavy atom. The summed E-state index contributed by atoms with van der Waals surface area (Å²) in [4.78, 5) is 21.7. The molecule has 0 aromatic carbocycles. The third-order valence-corrected chi connectivity index (χ3v) is 5.89. The molecule has 1 unspecified atom stereocenters. The van der Waals surface area contributed by atoms with Crippen molar-refractivity contribution in [3.8, 4) is 5.88 Å². The zero-order chi connectivity index (χ0) is 19.9. The second kappa shape index (κ2) is 7.14. The number of carbonyl (C=O) groups is 1. The van der Waals surface area contributed by atoms with Gasteiger partial charge in [0.25, 0.3) is 0 Å². The fourth-order valence-electron chi connectivity index (χ4n) is 4.33. The van der Waals surface area contributed by atoms with Crippen molar-refractivity contribution in [1.29, 1.82) is 0 Å². The number of pyridine rings is 2. The minimum Gasteiger partial charge on any atom is -0.481 e. The molecule has 3 N–H and O–H groups in total. The molecule has 4 heterocycles. The van der Waals surface area contributed by atoms with E-state index in [0.717, 1.165) is 31.9 Å². The molecule has 9 heteroatoms. The largest absolute Gasteiger partial charge is 0.481 e. The molecule has 2 aliphatic heterocycles. The van der Waals surface area contributed by atoms with E-state index in [1.54, 1.807) is 12.1 Å².